The molecular weight excluding hydrogens is 462 g/mol. The fourth-order valence-electron chi connectivity index (χ4n) is 5.15. The predicted octanol–water partition coefficient (Wildman–Crippen LogP) is 2.68. The van der Waals surface area contributed by atoms with E-state index in [9.17, 15) is 14.4 Å². The highest BCUT2D eigenvalue weighted by molar-refractivity contribution is 7.07. The largest absolute Gasteiger partial charge is 0.366 e. The number of thiophene rings is 1. The van der Waals surface area contributed by atoms with Crippen LogP contribution in [0.2, 0.25) is 0 Å². The summed E-state index contributed by atoms with van der Waals surface area (Å²) in [7, 11) is 0. The van der Waals surface area contributed by atoms with Gasteiger partial charge >= 0.3 is 0 Å². The summed E-state index contributed by atoms with van der Waals surface area (Å²) in [5.41, 5.74) is 7.90. The molecule has 4 heterocycles. The second-order valence-electron chi connectivity index (χ2n) is 9.59. The van der Waals surface area contributed by atoms with Crippen LogP contribution in [0.3, 0.4) is 0 Å². The molecule has 2 aromatic rings. The van der Waals surface area contributed by atoms with Crippen LogP contribution in [0.1, 0.15) is 60.6 Å². The molecule has 2 aliphatic heterocycles. The fraction of sp³-hybridized carbons (Fsp3) is 0.538. The van der Waals surface area contributed by atoms with Gasteiger partial charge in [-0.1, -0.05) is 0 Å². The van der Waals surface area contributed by atoms with Crippen molar-refractivity contribution in [3.8, 4) is 0 Å². The van der Waals surface area contributed by atoms with Crippen LogP contribution in [0.4, 0.5) is 0 Å². The average Bonchev–Trinajstić information content (AvgIpc) is 3.53. The Morgan fingerprint density at radius 1 is 1.26 bits per heavy atom. The van der Waals surface area contributed by atoms with Gasteiger partial charge in [0.1, 0.15) is 0 Å². The fourth-order valence-corrected chi connectivity index (χ4v) is 5.81. The number of aryl methyl sites for hydroxylation is 1. The standard InChI is InChI=1S/C26H35N5O3S/c1-19(6-7-23-22(26(27)34)4-2-11-28-23)29-13-8-21(9-14-29)31(16-20-10-15-35-18-20)25(33)17-30-12-3-5-24(30)32/h2,4,10-11,15,18-19,21H,3,5-9,12-14,16-17H2,1H3,(H2,27,34)/t19-/m1/s1. The third-order valence-electron chi connectivity index (χ3n) is 7.27. The first-order valence-electron chi connectivity index (χ1n) is 12.5. The van der Waals surface area contributed by atoms with E-state index >= 15 is 0 Å². The molecule has 2 saturated heterocycles. The van der Waals surface area contributed by atoms with Gasteiger partial charge in [0.25, 0.3) is 5.91 Å². The first kappa shape index (κ1) is 25.3. The molecule has 0 spiro atoms. The minimum atomic E-state index is -0.437. The lowest BCUT2D eigenvalue weighted by Gasteiger charge is -2.41. The number of hydrogen-bond donors (Lipinski definition) is 1. The number of primary amides is 1. The number of nitrogens with zero attached hydrogens (tertiary/aromatic N) is 4. The van der Waals surface area contributed by atoms with Crippen molar-refractivity contribution in [3.05, 3.63) is 52.0 Å². The zero-order chi connectivity index (χ0) is 24.8. The van der Waals surface area contributed by atoms with Gasteiger partial charge in [0.2, 0.25) is 11.8 Å². The van der Waals surface area contributed by atoms with Crippen molar-refractivity contribution < 1.29 is 14.4 Å². The van der Waals surface area contributed by atoms with Crippen molar-refractivity contribution >= 4 is 29.1 Å². The number of aromatic nitrogens is 1. The Hall–Kier alpha value is -2.78. The number of rotatable bonds is 10. The molecule has 8 nitrogen and oxygen atoms in total. The first-order chi connectivity index (χ1) is 16.9. The van der Waals surface area contributed by atoms with Crippen molar-refractivity contribution in [1.82, 2.24) is 19.7 Å². The number of carbonyl (C=O) groups excluding carboxylic acids is 3. The minimum absolute atomic E-state index is 0.0482. The summed E-state index contributed by atoms with van der Waals surface area (Å²) in [4.78, 5) is 47.6. The summed E-state index contributed by atoms with van der Waals surface area (Å²) in [5, 5.41) is 4.13. The molecular formula is C26H35N5O3S. The first-order valence-corrected chi connectivity index (χ1v) is 13.4. The van der Waals surface area contributed by atoms with E-state index in [4.69, 9.17) is 5.73 Å². The molecule has 35 heavy (non-hydrogen) atoms. The number of amides is 3. The topological polar surface area (TPSA) is 99.8 Å². The van der Waals surface area contributed by atoms with E-state index in [1.807, 2.05) is 10.3 Å². The van der Waals surface area contributed by atoms with Gasteiger partial charge in [-0.3, -0.25) is 19.4 Å². The van der Waals surface area contributed by atoms with Crippen molar-refractivity contribution in [3.63, 3.8) is 0 Å². The Balaban J connectivity index is 1.34. The minimum Gasteiger partial charge on any atom is -0.366 e. The number of nitrogens with two attached hydrogens (primary N) is 1. The third-order valence-corrected chi connectivity index (χ3v) is 8.00. The number of piperidine rings is 1. The second-order valence-corrected chi connectivity index (χ2v) is 10.4. The molecule has 2 fully saturated rings. The molecule has 2 aliphatic rings. The Morgan fingerprint density at radius 2 is 2.06 bits per heavy atom. The van der Waals surface area contributed by atoms with Gasteiger partial charge in [0.15, 0.2) is 0 Å². The molecule has 9 heteroatoms. The highest BCUT2D eigenvalue weighted by Crippen LogP contribution is 2.24. The van der Waals surface area contributed by atoms with Crippen LogP contribution in [0.25, 0.3) is 0 Å². The van der Waals surface area contributed by atoms with Gasteiger partial charge in [0, 0.05) is 50.9 Å². The SMILES string of the molecule is C[C@H](CCc1ncccc1C(N)=O)N1CCC(N(Cc2ccsc2)C(=O)CN2CCCC2=O)CC1. The van der Waals surface area contributed by atoms with Gasteiger partial charge in [-0.25, -0.2) is 0 Å². The molecule has 2 aromatic heterocycles. The molecule has 0 bridgehead atoms. The van der Waals surface area contributed by atoms with E-state index < -0.39 is 5.91 Å². The quantitative estimate of drug-likeness (QED) is 0.544. The van der Waals surface area contributed by atoms with Crippen molar-refractivity contribution in [1.29, 1.82) is 0 Å². The van der Waals surface area contributed by atoms with Crippen LogP contribution in [0.5, 0.6) is 0 Å². The zero-order valence-electron chi connectivity index (χ0n) is 20.4. The van der Waals surface area contributed by atoms with Crippen LogP contribution in [-0.4, -0.2) is 75.7 Å². The van der Waals surface area contributed by atoms with Gasteiger partial charge in [-0.05, 0) is 73.6 Å². The van der Waals surface area contributed by atoms with Gasteiger partial charge < -0.3 is 20.4 Å². The van der Waals surface area contributed by atoms with E-state index in [-0.39, 0.29) is 24.4 Å². The Morgan fingerprint density at radius 3 is 2.71 bits per heavy atom. The molecule has 2 N–H and O–H groups in total. The Labute approximate surface area is 211 Å². The maximum absolute atomic E-state index is 13.3. The smallest absolute Gasteiger partial charge is 0.250 e. The highest BCUT2D eigenvalue weighted by Gasteiger charge is 2.32. The summed E-state index contributed by atoms with van der Waals surface area (Å²) in [6, 6.07) is 6.04. The average molecular weight is 498 g/mol. The van der Waals surface area contributed by atoms with Gasteiger partial charge in [-0.15, -0.1) is 0 Å². The summed E-state index contributed by atoms with van der Waals surface area (Å²) in [5.74, 6) is -0.301. The van der Waals surface area contributed by atoms with Crippen LogP contribution in [-0.2, 0) is 22.6 Å². The lowest BCUT2D eigenvalue weighted by molar-refractivity contribution is -0.141. The van der Waals surface area contributed by atoms with Gasteiger partial charge in [0.05, 0.1) is 17.8 Å². The lowest BCUT2D eigenvalue weighted by atomic mass is 9.98. The lowest BCUT2D eigenvalue weighted by Crippen LogP contribution is -2.51. The summed E-state index contributed by atoms with van der Waals surface area (Å²) >= 11 is 1.64. The summed E-state index contributed by atoms with van der Waals surface area (Å²) in [6.45, 7) is 5.49. The Bertz CT molecular complexity index is 1020. The third kappa shape index (κ3) is 6.46. The molecule has 0 unspecified atom stereocenters. The molecule has 0 saturated carbocycles. The van der Waals surface area contributed by atoms with Crippen LogP contribution < -0.4 is 5.73 Å². The predicted molar refractivity (Wildman–Crippen MR) is 136 cm³/mol. The molecule has 4 rings (SSSR count). The van der Waals surface area contributed by atoms with Crippen LogP contribution >= 0.6 is 11.3 Å². The molecule has 0 radical (unpaired) electrons. The highest BCUT2D eigenvalue weighted by atomic mass is 32.1. The number of likely N-dealkylation sites (tertiary alicyclic amines) is 2. The van der Waals surface area contributed by atoms with E-state index in [0.29, 0.717) is 37.5 Å². The molecule has 188 valence electrons. The van der Waals surface area contributed by atoms with E-state index in [1.165, 1.54) is 0 Å². The van der Waals surface area contributed by atoms with Crippen LogP contribution in [0, 0.1) is 0 Å². The second kappa shape index (κ2) is 11.8. The number of hydrogen-bond acceptors (Lipinski definition) is 6. The summed E-state index contributed by atoms with van der Waals surface area (Å²) in [6.07, 6.45) is 6.49. The maximum atomic E-state index is 13.3. The number of pyridine rings is 1. The molecule has 1 atom stereocenters. The molecule has 0 aliphatic carbocycles. The van der Waals surface area contributed by atoms with Crippen LogP contribution in [0.15, 0.2) is 35.2 Å². The molecule has 0 aromatic carbocycles. The zero-order valence-corrected chi connectivity index (χ0v) is 21.2. The Kier molecular flexibility index (Phi) is 8.51. The van der Waals surface area contributed by atoms with Crippen molar-refractivity contribution in [2.45, 2.75) is 64.1 Å². The molecule has 3 amide bonds. The van der Waals surface area contributed by atoms with Crippen molar-refractivity contribution in [2.24, 2.45) is 5.73 Å². The number of carbonyl (C=O) groups is 3. The van der Waals surface area contributed by atoms with E-state index in [0.717, 1.165) is 50.0 Å². The normalized spacial score (nSPS) is 18.1. The van der Waals surface area contributed by atoms with E-state index in [1.54, 1.807) is 34.6 Å². The van der Waals surface area contributed by atoms with Gasteiger partial charge in [-0.2, -0.15) is 11.3 Å². The monoisotopic (exact) mass is 497 g/mol. The summed E-state index contributed by atoms with van der Waals surface area (Å²) < 4.78 is 0. The van der Waals surface area contributed by atoms with E-state index in [2.05, 4.69) is 28.3 Å². The maximum Gasteiger partial charge on any atom is 0.250 e. The van der Waals surface area contributed by atoms with Crippen molar-refractivity contribution in [2.75, 3.05) is 26.2 Å².